The summed E-state index contributed by atoms with van der Waals surface area (Å²) < 4.78 is 0. The largest absolute Gasteiger partial charge is 0.365 e. The van der Waals surface area contributed by atoms with Gasteiger partial charge in [0.1, 0.15) is 5.69 Å². The number of nitrogens with zero attached hydrogens (tertiary/aromatic N) is 3. The zero-order valence-electron chi connectivity index (χ0n) is 12.3. The minimum absolute atomic E-state index is 0.0773. The van der Waals surface area contributed by atoms with Crippen LogP contribution < -0.4 is 10.2 Å². The second-order valence-corrected chi connectivity index (χ2v) is 6.25. The monoisotopic (exact) mass is 332 g/mol. The molecule has 0 saturated carbocycles. The minimum atomic E-state index is -0.380. The van der Waals surface area contributed by atoms with E-state index in [1.165, 1.54) is 17.4 Å². The van der Waals surface area contributed by atoms with E-state index in [0.717, 1.165) is 12.8 Å². The number of rotatable bonds is 4. The molecule has 0 aliphatic carbocycles. The molecule has 0 bridgehead atoms. The van der Waals surface area contributed by atoms with E-state index in [1.54, 1.807) is 29.8 Å². The molecule has 2 heterocycles. The highest BCUT2D eigenvalue weighted by molar-refractivity contribution is 7.13. The number of carbonyl (C=O) groups is 1. The van der Waals surface area contributed by atoms with Crippen LogP contribution in [-0.2, 0) is 4.79 Å². The molecular formula is C15H16N4O3S. The predicted octanol–water partition coefficient (Wildman–Crippen LogP) is 2.91. The highest BCUT2D eigenvalue weighted by atomic mass is 32.1. The van der Waals surface area contributed by atoms with Crippen molar-refractivity contribution in [1.29, 1.82) is 0 Å². The van der Waals surface area contributed by atoms with Crippen LogP contribution in [0.2, 0.25) is 0 Å². The van der Waals surface area contributed by atoms with Crippen LogP contribution in [0.1, 0.15) is 12.8 Å². The molecule has 1 atom stereocenters. The standard InChI is InChI=1S/C15H16N4O3S/c20-14(17-15-16-7-9-23-15)11-4-3-8-18(10-11)12-5-1-2-6-13(12)19(21)22/h1-2,5-7,9,11H,3-4,8,10H2,(H,16,17,20). The van der Waals surface area contributed by atoms with Crippen LogP contribution >= 0.6 is 11.3 Å². The summed E-state index contributed by atoms with van der Waals surface area (Å²) in [5, 5.41) is 16.4. The van der Waals surface area contributed by atoms with E-state index in [-0.39, 0.29) is 22.4 Å². The Bertz CT molecular complexity index is 705. The predicted molar refractivity (Wildman–Crippen MR) is 88.8 cm³/mol. The molecule has 1 saturated heterocycles. The van der Waals surface area contributed by atoms with Crippen molar-refractivity contribution in [3.8, 4) is 0 Å². The topological polar surface area (TPSA) is 88.4 Å². The first-order valence-corrected chi connectivity index (χ1v) is 8.22. The quantitative estimate of drug-likeness (QED) is 0.687. The van der Waals surface area contributed by atoms with Crippen molar-refractivity contribution in [2.75, 3.05) is 23.3 Å². The summed E-state index contributed by atoms with van der Waals surface area (Å²) in [5.74, 6) is -0.282. The van der Waals surface area contributed by atoms with Gasteiger partial charge in [0.05, 0.1) is 10.8 Å². The number of aromatic nitrogens is 1. The van der Waals surface area contributed by atoms with Gasteiger partial charge in [-0.1, -0.05) is 12.1 Å². The normalized spacial score (nSPS) is 17.7. The molecule has 3 rings (SSSR count). The Morgan fingerprint density at radius 2 is 2.26 bits per heavy atom. The number of amides is 1. The maximum atomic E-state index is 12.4. The molecule has 0 spiro atoms. The highest BCUT2D eigenvalue weighted by Crippen LogP contribution is 2.31. The van der Waals surface area contributed by atoms with Gasteiger partial charge in [0, 0.05) is 30.7 Å². The van der Waals surface area contributed by atoms with E-state index in [2.05, 4.69) is 10.3 Å². The summed E-state index contributed by atoms with van der Waals surface area (Å²) in [6.45, 7) is 1.19. The van der Waals surface area contributed by atoms with Crippen molar-refractivity contribution in [3.05, 3.63) is 46.0 Å². The first-order valence-electron chi connectivity index (χ1n) is 7.34. The second kappa shape index (κ2) is 6.74. The van der Waals surface area contributed by atoms with Gasteiger partial charge in [0.15, 0.2) is 5.13 Å². The van der Waals surface area contributed by atoms with Crippen molar-refractivity contribution in [3.63, 3.8) is 0 Å². The molecule has 1 aromatic carbocycles. The van der Waals surface area contributed by atoms with Crippen LogP contribution in [0.3, 0.4) is 0 Å². The Morgan fingerprint density at radius 1 is 1.43 bits per heavy atom. The lowest BCUT2D eigenvalue weighted by Gasteiger charge is -2.33. The molecule has 1 aliphatic rings. The van der Waals surface area contributed by atoms with E-state index in [0.29, 0.717) is 23.9 Å². The number of carbonyl (C=O) groups excluding carboxylic acids is 1. The van der Waals surface area contributed by atoms with E-state index >= 15 is 0 Å². The number of benzene rings is 1. The minimum Gasteiger partial charge on any atom is -0.365 e. The van der Waals surface area contributed by atoms with Crippen LogP contribution in [0.5, 0.6) is 0 Å². The Kier molecular flexibility index (Phi) is 4.52. The first-order chi connectivity index (χ1) is 11.1. The fourth-order valence-electron chi connectivity index (χ4n) is 2.79. The number of para-hydroxylation sites is 2. The van der Waals surface area contributed by atoms with E-state index in [9.17, 15) is 14.9 Å². The van der Waals surface area contributed by atoms with Crippen molar-refractivity contribution in [1.82, 2.24) is 4.98 Å². The molecular weight excluding hydrogens is 316 g/mol. The van der Waals surface area contributed by atoms with Gasteiger partial charge in [-0.25, -0.2) is 4.98 Å². The fourth-order valence-corrected chi connectivity index (χ4v) is 3.32. The Hall–Kier alpha value is -2.48. The number of hydrogen-bond acceptors (Lipinski definition) is 6. The molecule has 1 N–H and O–H groups in total. The molecule has 1 fully saturated rings. The molecule has 1 amide bonds. The summed E-state index contributed by atoms with van der Waals surface area (Å²) >= 11 is 1.37. The summed E-state index contributed by atoms with van der Waals surface area (Å²) in [6, 6.07) is 6.66. The van der Waals surface area contributed by atoms with Gasteiger partial charge in [-0.2, -0.15) is 0 Å². The zero-order valence-corrected chi connectivity index (χ0v) is 13.2. The molecule has 2 aromatic rings. The Labute approximate surface area is 137 Å². The molecule has 1 aromatic heterocycles. The summed E-state index contributed by atoms with van der Waals surface area (Å²) in [5.41, 5.74) is 0.651. The summed E-state index contributed by atoms with van der Waals surface area (Å²) in [6.07, 6.45) is 3.23. The van der Waals surface area contributed by atoms with E-state index < -0.39 is 0 Å². The van der Waals surface area contributed by atoms with Gasteiger partial charge in [-0.3, -0.25) is 14.9 Å². The number of anilines is 2. The molecule has 1 unspecified atom stereocenters. The van der Waals surface area contributed by atoms with Crippen LogP contribution in [0, 0.1) is 16.0 Å². The number of hydrogen-bond donors (Lipinski definition) is 1. The second-order valence-electron chi connectivity index (χ2n) is 5.36. The van der Waals surface area contributed by atoms with E-state index in [1.807, 2.05) is 4.90 Å². The van der Waals surface area contributed by atoms with E-state index in [4.69, 9.17) is 0 Å². The highest BCUT2D eigenvalue weighted by Gasteiger charge is 2.29. The lowest BCUT2D eigenvalue weighted by atomic mass is 9.96. The maximum absolute atomic E-state index is 12.4. The average Bonchev–Trinajstić information content (AvgIpc) is 3.08. The fraction of sp³-hybridized carbons (Fsp3) is 0.333. The number of piperidine rings is 1. The van der Waals surface area contributed by atoms with Crippen LogP contribution in [0.4, 0.5) is 16.5 Å². The van der Waals surface area contributed by atoms with Gasteiger partial charge in [-0.15, -0.1) is 11.3 Å². The molecule has 7 nitrogen and oxygen atoms in total. The average molecular weight is 332 g/mol. The summed E-state index contributed by atoms with van der Waals surface area (Å²) in [7, 11) is 0. The molecule has 23 heavy (non-hydrogen) atoms. The van der Waals surface area contributed by atoms with Crippen molar-refractivity contribution in [2.45, 2.75) is 12.8 Å². The van der Waals surface area contributed by atoms with Gasteiger partial charge < -0.3 is 10.2 Å². The van der Waals surface area contributed by atoms with Gasteiger partial charge in [-0.05, 0) is 18.9 Å². The number of nitro groups is 1. The molecule has 8 heteroatoms. The maximum Gasteiger partial charge on any atom is 0.292 e. The van der Waals surface area contributed by atoms with Crippen LogP contribution in [0.15, 0.2) is 35.8 Å². The molecule has 0 radical (unpaired) electrons. The Morgan fingerprint density at radius 3 is 3.00 bits per heavy atom. The van der Waals surface area contributed by atoms with Gasteiger partial charge in [0.25, 0.3) is 5.69 Å². The number of nitrogens with one attached hydrogen (secondary N) is 1. The third kappa shape index (κ3) is 3.48. The summed E-state index contributed by atoms with van der Waals surface area (Å²) in [4.78, 5) is 29.1. The molecule has 1 aliphatic heterocycles. The molecule has 120 valence electrons. The lowest BCUT2D eigenvalue weighted by molar-refractivity contribution is -0.384. The van der Waals surface area contributed by atoms with Crippen molar-refractivity contribution < 1.29 is 9.72 Å². The van der Waals surface area contributed by atoms with Gasteiger partial charge in [0.2, 0.25) is 5.91 Å². The first kappa shape index (κ1) is 15.4. The Balaban J connectivity index is 1.73. The van der Waals surface area contributed by atoms with Crippen molar-refractivity contribution >= 4 is 33.8 Å². The van der Waals surface area contributed by atoms with Crippen LogP contribution in [0.25, 0.3) is 0 Å². The third-order valence-corrected chi connectivity index (χ3v) is 4.56. The zero-order chi connectivity index (χ0) is 16.2. The lowest BCUT2D eigenvalue weighted by Crippen LogP contribution is -2.41. The number of nitro benzene ring substituents is 1. The van der Waals surface area contributed by atoms with Gasteiger partial charge >= 0.3 is 0 Å². The third-order valence-electron chi connectivity index (χ3n) is 3.87. The van der Waals surface area contributed by atoms with Crippen molar-refractivity contribution in [2.24, 2.45) is 5.92 Å². The van der Waals surface area contributed by atoms with Crippen LogP contribution in [-0.4, -0.2) is 28.9 Å². The SMILES string of the molecule is O=C(Nc1nccs1)C1CCCN(c2ccccc2[N+](=O)[O-])C1. The smallest absolute Gasteiger partial charge is 0.292 e. The number of thiazole rings is 1.